The van der Waals surface area contributed by atoms with Gasteiger partial charge in [-0.3, -0.25) is 14.4 Å². The van der Waals surface area contributed by atoms with Crippen LogP contribution >= 0.6 is 0 Å². The van der Waals surface area contributed by atoms with Gasteiger partial charge < -0.3 is 15.1 Å². The van der Waals surface area contributed by atoms with Crippen molar-refractivity contribution in [3.63, 3.8) is 0 Å². The Labute approximate surface area is 206 Å². The van der Waals surface area contributed by atoms with Crippen molar-refractivity contribution in [3.05, 3.63) is 71.3 Å². The van der Waals surface area contributed by atoms with E-state index in [0.717, 1.165) is 11.1 Å². The molecule has 0 radical (unpaired) electrons. The second-order valence-electron chi connectivity index (χ2n) is 10.4. The number of hydrogen-bond acceptors (Lipinski definition) is 3. The molecule has 35 heavy (non-hydrogen) atoms. The predicted molar refractivity (Wildman–Crippen MR) is 132 cm³/mol. The molecule has 0 aromatic heterocycles. The Kier molecular flexibility index (Phi) is 6.97. The molecular formula is C28H34FN3O3. The fourth-order valence-corrected chi connectivity index (χ4v) is 5.07. The summed E-state index contributed by atoms with van der Waals surface area (Å²) < 4.78 is 14.5. The Morgan fingerprint density at radius 2 is 1.54 bits per heavy atom. The molecule has 6 nitrogen and oxygen atoms in total. The van der Waals surface area contributed by atoms with E-state index in [1.165, 1.54) is 17.4 Å². The van der Waals surface area contributed by atoms with Crippen LogP contribution in [0.1, 0.15) is 62.8 Å². The van der Waals surface area contributed by atoms with Gasteiger partial charge in [0.15, 0.2) is 0 Å². The molecule has 0 saturated carbocycles. The molecule has 186 valence electrons. The molecule has 4 rings (SSSR count). The van der Waals surface area contributed by atoms with Crippen LogP contribution in [0.25, 0.3) is 0 Å². The molecule has 3 unspecified atom stereocenters. The van der Waals surface area contributed by atoms with Gasteiger partial charge in [-0.05, 0) is 29.5 Å². The zero-order valence-electron chi connectivity index (χ0n) is 20.8. The Hall–Kier alpha value is -3.22. The topological polar surface area (TPSA) is 69.7 Å². The van der Waals surface area contributed by atoms with Crippen LogP contribution in [0.3, 0.4) is 0 Å². The van der Waals surface area contributed by atoms with Gasteiger partial charge in [-0.2, -0.15) is 0 Å². The van der Waals surface area contributed by atoms with E-state index in [-0.39, 0.29) is 43.8 Å². The van der Waals surface area contributed by atoms with Gasteiger partial charge in [0, 0.05) is 26.4 Å². The van der Waals surface area contributed by atoms with E-state index in [4.69, 9.17) is 0 Å². The molecule has 3 atom stereocenters. The highest BCUT2D eigenvalue weighted by Crippen LogP contribution is 2.35. The number of likely N-dealkylation sites (tertiary alicyclic amines) is 2. The lowest BCUT2D eigenvalue weighted by Crippen LogP contribution is -2.64. The van der Waals surface area contributed by atoms with Crippen LogP contribution in [0.2, 0.25) is 0 Å². The van der Waals surface area contributed by atoms with Gasteiger partial charge in [0.05, 0.1) is 18.0 Å². The third kappa shape index (κ3) is 5.09. The molecule has 2 aromatic carbocycles. The van der Waals surface area contributed by atoms with Crippen molar-refractivity contribution in [1.82, 2.24) is 15.1 Å². The molecular weight excluding hydrogens is 445 g/mol. The fraction of sp³-hybridized carbons (Fsp3) is 0.464. The first-order chi connectivity index (χ1) is 16.6. The molecule has 7 heteroatoms. The molecule has 2 aliphatic heterocycles. The predicted octanol–water partition coefficient (Wildman–Crippen LogP) is 3.82. The van der Waals surface area contributed by atoms with Gasteiger partial charge in [0.25, 0.3) is 0 Å². The number of alkyl halides is 1. The molecule has 1 N–H and O–H groups in total. The van der Waals surface area contributed by atoms with Crippen LogP contribution in [0.15, 0.2) is 54.6 Å². The highest BCUT2D eigenvalue weighted by molar-refractivity contribution is 5.93. The number of benzene rings is 2. The first kappa shape index (κ1) is 24.9. The summed E-state index contributed by atoms with van der Waals surface area (Å²) in [6.07, 6.45) is -1.29. The highest BCUT2D eigenvalue weighted by atomic mass is 19.1. The van der Waals surface area contributed by atoms with Crippen molar-refractivity contribution in [1.29, 1.82) is 0 Å². The number of carbonyl (C=O) groups is 3. The maximum absolute atomic E-state index is 14.5. The van der Waals surface area contributed by atoms with E-state index in [1.54, 1.807) is 11.8 Å². The van der Waals surface area contributed by atoms with E-state index < -0.39 is 23.7 Å². The molecule has 2 aliphatic rings. The summed E-state index contributed by atoms with van der Waals surface area (Å²) in [5.41, 5.74) is 2.24. The average Bonchev–Trinajstić information content (AvgIpc) is 3.22. The third-order valence-electron chi connectivity index (χ3n) is 7.21. The Balaban J connectivity index is 1.55. The van der Waals surface area contributed by atoms with Crippen molar-refractivity contribution in [3.8, 4) is 0 Å². The summed E-state index contributed by atoms with van der Waals surface area (Å²) in [5, 5.41) is 3.10. The second-order valence-corrected chi connectivity index (χ2v) is 10.4. The number of nitrogens with one attached hydrogen (secondary N) is 1. The smallest absolute Gasteiger partial charge is 0.243 e. The van der Waals surface area contributed by atoms with E-state index in [0.29, 0.717) is 5.92 Å². The number of nitrogens with zero attached hydrogens (tertiary/aromatic N) is 2. The summed E-state index contributed by atoms with van der Waals surface area (Å²) in [4.78, 5) is 41.4. The molecule has 0 spiro atoms. The largest absolute Gasteiger partial charge is 0.343 e. The summed E-state index contributed by atoms with van der Waals surface area (Å²) in [5.74, 6) is -0.344. The minimum absolute atomic E-state index is 0.0299. The van der Waals surface area contributed by atoms with E-state index >= 15 is 0 Å². The molecule has 3 amide bonds. The minimum atomic E-state index is -1.26. The zero-order chi connectivity index (χ0) is 25.3. The first-order valence-electron chi connectivity index (χ1n) is 12.2. The van der Waals surface area contributed by atoms with Crippen molar-refractivity contribution in [2.24, 2.45) is 5.41 Å². The van der Waals surface area contributed by atoms with Crippen LogP contribution < -0.4 is 5.32 Å². The lowest BCUT2D eigenvalue weighted by Gasteiger charge is -2.48. The van der Waals surface area contributed by atoms with Gasteiger partial charge in [-0.1, -0.05) is 68.4 Å². The number of hydrogen-bond donors (Lipinski definition) is 1. The number of rotatable bonds is 6. The van der Waals surface area contributed by atoms with Crippen LogP contribution in [0.4, 0.5) is 4.39 Å². The number of amides is 3. The van der Waals surface area contributed by atoms with Crippen LogP contribution in [0, 0.1) is 5.41 Å². The van der Waals surface area contributed by atoms with E-state index in [1.807, 2.05) is 42.5 Å². The Morgan fingerprint density at radius 3 is 2.11 bits per heavy atom. The lowest BCUT2D eigenvalue weighted by molar-refractivity contribution is -0.160. The maximum atomic E-state index is 14.5. The zero-order valence-corrected chi connectivity index (χ0v) is 20.8. The lowest BCUT2D eigenvalue weighted by atomic mass is 9.80. The summed E-state index contributed by atoms with van der Waals surface area (Å²) in [6.45, 7) is 7.97. The standard InChI is InChI=1S/C28H34FN3O3/c1-18(2)20-10-12-22(13-11-20)25(21-8-6-5-7-9-21)30-26(34)24-14-23(29)15-32(24)27(35)28(4)16-31(17-28)19(3)33/h5-13,18,23-25H,14-17H2,1-4H3,(H,30,34). The SMILES string of the molecule is CC(=O)N1CC(C)(C(=O)N2CC(F)CC2C(=O)NC(c2ccccc2)c2ccc(C(C)C)cc2)C1. The van der Waals surface area contributed by atoms with Crippen LogP contribution in [-0.4, -0.2) is 59.4 Å². The fourth-order valence-electron chi connectivity index (χ4n) is 5.07. The molecule has 2 saturated heterocycles. The monoisotopic (exact) mass is 479 g/mol. The number of halogens is 1. The summed E-state index contributed by atoms with van der Waals surface area (Å²) in [7, 11) is 0. The third-order valence-corrected chi connectivity index (χ3v) is 7.21. The van der Waals surface area contributed by atoms with Crippen molar-refractivity contribution < 1.29 is 18.8 Å². The van der Waals surface area contributed by atoms with Gasteiger partial charge in [0.2, 0.25) is 17.7 Å². The van der Waals surface area contributed by atoms with Gasteiger partial charge in [-0.25, -0.2) is 4.39 Å². The summed E-state index contributed by atoms with van der Waals surface area (Å²) >= 11 is 0. The van der Waals surface area contributed by atoms with Crippen molar-refractivity contribution >= 4 is 17.7 Å². The van der Waals surface area contributed by atoms with Gasteiger partial charge in [0.1, 0.15) is 12.2 Å². The van der Waals surface area contributed by atoms with Crippen LogP contribution in [-0.2, 0) is 14.4 Å². The van der Waals surface area contributed by atoms with E-state index in [9.17, 15) is 18.8 Å². The average molecular weight is 480 g/mol. The minimum Gasteiger partial charge on any atom is -0.343 e. The second kappa shape index (κ2) is 9.80. The number of carbonyl (C=O) groups excluding carboxylic acids is 3. The van der Waals surface area contributed by atoms with Crippen LogP contribution in [0.5, 0.6) is 0 Å². The van der Waals surface area contributed by atoms with Crippen molar-refractivity contribution in [2.75, 3.05) is 19.6 Å². The molecule has 2 heterocycles. The molecule has 2 aromatic rings. The Morgan fingerprint density at radius 1 is 0.971 bits per heavy atom. The van der Waals surface area contributed by atoms with Crippen molar-refractivity contribution in [2.45, 2.75) is 58.3 Å². The first-order valence-corrected chi connectivity index (χ1v) is 12.2. The molecule has 0 bridgehead atoms. The summed E-state index contributed by atoms with van der Waals surface area (Å²) in [6, 6.07) is 16.5. The van der Waals surface area contributed by atoms with Gasteiger partial charge in [-0.15, -0.1) is 0 Å². The maximum Gasteiger partial charge on any atom is 0.243 e. The normalized spacial score (nSPS) is 22.0. The molecule has 0 aliphatic carbocycles. The quantitative estimate of drug-likeness (QED) is 0.685. The molecule has 2 fully saturated rings. The Bertz CT molecular complexity index is 1080. The van der Waals surface area contributed by atoms with E-state index in [2.05, 4.69) is 31.3 Å². The highest BCUT2D eigenvalue weighted by Gasteiger charge is 2.52. The van der Waals surface area contributed by atoms with Gasteiger partial charge >= 0.3 is 0 Å².